The number of nitrogens with zero attached hydrogens (tertiary/aromatic N) is 2. The van der Waals surface area contributed by atoms with Crippen LogP contribution in [0, 0.1) is 0 Å². The summed E-state index contributed by atoms with van der Waals surface area (Å²) in [6, 6.07) is 0. The molecular weight excluding hydrogens is 312 g/mol. The van der Waals surface area contributed by atoms with Crippen molar-refractivity contribution in [2.75, 3.05) is 38.7 Å². The van der Waals surface area contributed by atoms with Crippen molar-refractivity contribution in [3.8, 4) is 0 Å². The second-order valence-corrected chi connectivity index (χ2v) is 7.99. The number of ketones is 1. The molecule has 118 valence electrons. The summed E-state index contributed by atoms with van der Waals surface area (Å²) in [5, 5.41) is 2.53. The minimum absolute atomic E-state index is 0.227. The number of hydrogen-bond acceptors (Lipinski definition) is 5. The Morgan fingerprint density at radius 2 is 1.27 bits per heavy atom. The zero-order valence-corrected chi connectivity index (χ0v) is 14.8. The van der Waals surface area contributed by atoms with Gasteiger partial charge in [0, 0.05) is 49.8 Å². The van der Waals surface area contributed by atoms with Crippen LogP contribution >= 0.6 is 23.5 Å². The van der Waals surface area contributed by atoms with Gasteiger partial charge < -0.3 is 9.80 Å². The molecule has 5 heteroatoms. The highest BCUT2D eigenvalue weighted by Crippen LogP contribution is 2.31. The maximum Gasteiger partial charge on any atom is 0.185 e. The van der Waals surface area contributed by atoms with Crippen LogP contribution in [0.4, 0.5) is 0 Å². The Bertz CT molecular complexity index is 539. The Hall–Kier alpha value is -1.07. The Morgan fingerprint density at radius 3 is 1.64 bits per heavy atom. The summed E-state index contributed by atoms with van der Waals surface area (Å²) in [5.74, 6) is 2.51. The first-order valence-electron chi connectivity index (χ1n) is 7.69. The zero-order valence-electron chi connectivity index (χ0n) is 13.2. The predicted molar refractivity (Wildman–Crippen MR) is 96.7 cm³/mol. The summed E-state index contributed by atoms with van der Waals surface area (Å²) < 4.78 is 0. The molecule has 0 N–H and O–H groups in total. The van der Waals surface area contributed by atoms with Crippen LogP contribution < -0.4 is 0 Å². The monoisotopic (exact) mass is 334 g/mol. The molecule has 0 bridgehead atoms. The largest absolute Gasteiger partial charge is 0.369 e. The van der Waals surface area contributed by atoms with Crippen molar-refractivity contribution >= 4 is 29.3 Å². The third-order valence-electron chi connectivity index (χ3n) is 4.21. The van der Waals surface area contributed by atoms with E-state index in [-0.39, 0.29) is 5.78 Å². The fourth-order valence-electron chi connectivity index (χ4n) is 2.73. The van der Waals surface area contributed by atoms with Gasteiger partial charge in [-0.2, -0.15) is 0 Å². The molecule has 0 aromatic carbocycles. The second kappa shape index (κ2) is 7.01. The molecule has 0 unspecified atom stereocenters. The highest BCUT2D eigenvalue weighted by molar-refractivity contribution is 8.03. The van der Waals surface area contributed by atoms with Gasteiger partial charge in [-0.05, 0) is 25.0 Å². The molecule has 2 saturated heterocycles. The van der Waals surface area contributed by atoms with Crippen LogP contribution in [0.1, 0.15) is 12.8 Å². The molecule has 3 rings (SSSR count). The Kier molecular flexibility index (Phi) is 5.03. The van der Waals surface area contributed by atoms with Crippen LogP contribution in [-0.4, -0.2) is 54.3 Å². The van der Waals surface area contributed by atoms with E-state index in [1.807, 2.05) is 35.7 Å². The van der Waals surface area contributed by atoms with Crippen molar-refractivity contribution in [3.05, 3.63) is 45.5 Å². The maximum absolute atomic E-state index is 12.4. The predicted octanol–water partition coefficient (Wildman–Crippen LogP) is 3.24. The fraction of sp³-hybridized carbons (Fsp3) is 0.471. The van der Waals surface area contributed by atoms with E-state index in [4.69, 9.17) is 0 Å². The van der Waals surface area contributed by atoms with E-state index in [1.165, 1.54) is 10.1 Å². The van der Waals surface area contributed by atoms with Gasteiger partial charge in [-0.15, -0.1) is 23.5 Å². The van der Waals surface area contributed by atoms with Gasteiger partial charge in [0.05, 0.1) is 10.1 Å². The van der Waals surface area contributed by atoms with Crippen LogP contribution in [-0.2, 0) is 4.79 Å². The third kappa shape index (κ3) is 3.46. The molecule has 1 aliphatic carbocycles. The van der Waals surface area contributed by atoms with E-state index in [0.717, 1.165) is 48.6 Å². The van der Waals surface area contributed by atoms with Gasteiger partial charge in [0.25, 0.3) is 0 Å². The molecule has 1 saturated carbocycles. The number of Topliss-reactive ketones (excluding diaryl/α,β-unsaturated/α-hetero) is 1. The van der Waals surface area contributed by atoms with Crippen molar-refractivity contribution in [3.63, 3.8) is 0 Å². The highest BCUT2D eigenvalue weighted by Gasteiger charge is 2.23. The molecule has 0 aromatic heterocycles. The Balaban J connectivity index is 1.69. The van der Waals surface area contributed by atoms with Crippen LogP contribution in [0.15, 0.2) is 45.5 Å². The summed E-state index contributed by atoms with van der Waals surface area (Å²) in [7, 11) is 4.21. The van der Waals surface area contributed by atoms with Crippen molar-refractivity contribution in [2.45, 2.75) is 12.8 Å². The number of allylic oxidation sites excluding steroid dienone is 6. The van der Waals surface area contributed by atoms with E-state index < -0.39 is 0 Å². The average Bonchev–Trinajstić information content (AvgIpc) is 3.18. The number of rotatable bonds is 2. The Labute approximate surface area is 141 Å². The topological polar surface area (TPSA) is 23.6 Å². The standard InChI is InChI=1S/C17H22N2OS2/c1-18-9-11-21-15(18)7-5-13-3-4-14(17(13)20)6-8-16-19(2)10-12-22-16/h5-8H,3-4,9-12H2,1-2H3/b13-5+,14-6+,15-7-,16-8-. The lowest BCUT2D eigenvalue weighted by Crippen LogP contribution is -2.10. The summed E-state index contributed by atoms with van der Waals surface area (Å²) in [4.78, 5) is 16.9. The SMILES string of the molecule is CN1CCS/C1=C\C=C1/CC/C(=C\C=C2/SCCN2C)C1=O. The summed E-state index contributed by atoms with van der Waals surface area (Å²) in [6.07, 6.45) is 10.00. The van der Waals surface area contributed by atoms with Gasteiger partial charge in [0.1, 0.15) is 0 Å². The van der Waals surface area contributed by atoms with Crippen LogP contribution in [0.5, 0.6) is 0 Å². The first kappa shape index (κ1) is 15.8. The van der Waals surface area contributed by atoms with Crippen molar-refractivity contribution in [1.29, 1.82) is 0 Å². The first-order chi connectivity index (χ1) is 10.6. The molecule has 0 spiro atoms. The van der Waals surface area contributed by atoms with E-state index >= 15 is 0 Å². The molecule has 2 aliphatic heterocycles. The van der Waals surface area contributed by atoms with Gasteiger partial charge in [0.15, 0.2) is 5.78 Å². The summed E-state index contributed by atoms with van der Waals surface area (Å²) in [5.41, 5.74) is 1.90. The number of thioether (sulfide) groups is 2. The molecule has 0 aromatic rings. The lowest BCUT2D eigenvalue weighted by Gasteiger charge is -2.09. The summed E-state index contributed by atoms with van der Waals surface area (Å²) >= 11 is 3.72. The molecule has 0 amide bonds. The van der Waals surface area contributed by atoms with Crippen molar-refractivity contribution < 1.29 is 4.79 Å². The van der Waals surface area contributed by atoms with Crippen molar-refractivity contribution in [1.82, 2.24) is 9.80 Å². The zero-order chi connectivity index (χ0) is 15.5. The molecule has 3 fully saturated rings. The highest BCUT2D eigenvalue weighted by atomic mass is 32.2. The maximum atomic E-state index is 12.4. The van der Waals surface area contributed by atoms with Crippen LogP contribution in [0.25, 0.3) is 0 Å². The van der Waals surface area contributed by atoms with Gasteiger partial charge in [-0.3, -0.25) is 4.79 Å². The molecule has 2 heterocycles. The van der Waals surface area contributed by atoms with Gasteiger partial charge in [0.2, 0.25) is 0 Å². The van der Waals surface area contributed by atoms with Crippen LogP contribution in [0.3, 0.4) is 0 Å². The number of hydrogen-bond donors (Lipinski definition) is 0. The van der Waals surface area contributed by atoms with Crippen LogP contribution in [0.2, 0.25) is 0 Å². The van der Waals surface area contributed by atoms with E-state index in [9.17, 15) is 4.79 Å². The first-order valence-corrected chi connectivity index (χ1v) is 9.66. The second-order valence-electron chi connectivity index (χ2n) is 5.76. The van der Waals surface area contributed by atoms with Gasteiger partial charge >= 0.3 is 0 Å². The lowest BCUT2D eigenvalue weighted by molar-refractivity contribution is -0.111. The Morgan fingerprint density at radius 1 is 0.818 bits per heavy atom. The van der Waals surface area contributed by atoms with Crippen molar-refractivity contribution in [2.24, 2.45) is 0 Å². The average molecular weight is 335 g/mol. The van der Waals surface area contributed by atoms with E-state index in [0.29, 0.717) is 0 Å². The number of carbonyl (C=O) groups excluding carboxylic acids is 1. The molecular formula is C17H22N2OS2. The minimum atomic E-state index is 0.227. The minimum Gasteiger partial charge on any atom is -0.369 e. The number of carbonyl (C=O) groups is 1. The molecule has 3 aliphatic rings. The summed E-state index contributed by atoms with van der Waals surface area (Å²) in [6.45, 7) is 2.19. The normalized spacial score (nSPS) is 30.0. The lowest BCUT2D eigenvalue weighted by atomic mass is 10.1. The molecule has 22 heavy (non-hydrogen) atoms. The molecule has 0 atom stereocenters. The van der Waals surface area contributed by atoms with Gasteiger partial charge in [-0.25, -0.2) is 0 Å². The molecule has 3 nitrogen and oxygen atoms in total. The quantitative estimate of drug-likeness (QED) is 0.722. The van der Waals surface area contributed by atoms with E-state index in [1.54, 1.807) is 0 Å². The third-order valence-corrected chi connectivity index (χ3v) is 6.47. The van der Waals surface area contributed by atoms with E-state index in [2.05, 4.69) is 36.0 Å². The van der Waals surface area contributed by atoms with Gasteiger partial charge in [-0.1, -0.05) is 12.2 Å². The fourth-order valence-corrected chi connectivity index (χ4v) is 4.83. The smallest absolute Gasteiger partial charge is 0.185 e. The molecule has 0 radical (unpaired) electrons.